The number of rotatable bonds is 3. The number of ether oxygens (including phenoxy) is 1. The third-order valence-corrected chi connectivity index (χ3v) is 6.22. The summed E-state index contributed by atoms with van der Waals surface area (Å²) in [6, 6.07) is 8.30. The molecule has 0 bridgehead atoms. The summed E-state index contributed by atoms with van der Waals surface area (Å²) in [7, 11) is 0. The summed E-state index contributed by atoms with van der Waals surface area (Å²) in [4.78, 5) is 22.2. The number of nitrogens with zero attached hydrogens (tertiary/aromatic N) is 3. The Kier molecular flexibility index (Phi) is 5.16. The highest BCUT2D eigenvalue weighted by Gasteiger charge is 2.31. The molecule has 4 rings (SSSR count). The van der Waals surface area contributed by atoms with Gasteiger partial charge in [0.2, 0.25) is 0 Å². The van der Waals surface area contributed by atoms with E-state index in [4.69, 9.17) is 21.9 Å². The molecule has 27 heavy (non-hydrogen) atoms. The van der Waals surface area contributed by atoms with Crippen molar-refractivity contribution in [2.75, 3.05) is 37.7 Å². The van der Waals surface area contributed by atoms with Gasteiger partial charge in [0.05, 0.1) is 23.6 Å². The van der Waals surface area contributed by atoms with E-state index in [0.29, 0.717) is 29.0 Å². The Morgan fingerprint density at radius 3 is 2.81 bits per heavy atom. The van der Waals surface area contributed by atoms with Gasteiger partial charge in [0.15, 0.2) is 0 Å². The average molecular weight is 400 g/mol. The molecule has 140 valence electrons. The largest absolute Gasteiger partial charge is 0.378 e. The first-order valence-electron chi connectivity index (χ1n) is 9.07. The molecule has 2 aromatic rings. The van der Waals surface area contributed by atoms with Crippen molar-refractivity contribution >= 4 is 57.0 Å². The van der Waals surface area contributed by atoms with Crippen molar-refractivity contribution in [1.29, 1.82) is 0 Å². The van der Waals surface area contributed by atoms with E-state index < -0.39 is 0 Å². The van der Waals surface area contributed by atoms with Gasteiger partial charge in [-0.25, -0.2) is 4.98 Å². The smallest absolute Gasteiger partial charge is 0.266 e. The van der Waals surface area contributed by atoms with Crippen molar-refractivity contribution in [3.63, 3.8) is 0 Å². The Labute approximate surface area is 168 Å². The summed E-state index contributed by atoms with van der Waals surface area (Å²) in [5.74, 6) is 0.881. The first kappa shape index (κ1) is 18.4. The fourth-order valence-corrected chi connectivity index (χ4v) is 4.78. The van der Waals surface area contributed by atoms with E-state index in [0.717, 1.165) is 40.9 Å². The molecule has 2 aliphatic heterocycles. The van der Waals surface area contributed by atoms with Crippen molar-refractivity contribution in [3.8, 4) is 0 Å². The zero-order valence-corrected chi connectivity index (χ0v) is 17.0. The Balaban J connectivity index is 1.84. The third-order valence-electron chi connectivity index (χ3n) is 4.84. The standard InChI is InChI=1S/C20H21N3O2S2/c1-3-23-19(24)16(27-20(23)26)12-15-11-14-6-4-5-13(2)17(14)21-18(15)22-7-9-25-10-8-22/h4-6,11-12H,3,7-10H2,1-2H3/b16-12-. The van der Waals surface area contributed by atoms with Gasteiger partial charge in [-0.2, -0.15) is 0 Å². The zero-order valence-electron chi connectivity index (χ0n) is 15.4. The number of fused-ring (bicyclic) bond motifs is 1. The average Bonchev–Trinajstić information content (AvgIpc) is 2.95. The van der Waals surface area contributed by atoms with Gasteiger partial charge in [-0.15, -0.1) is 0 Å². The number of aromatic nitrogens is 1. The molecule has 0 N–H and O–H groups in total. The van der Waals surface area contributed by atoms with Crippen molar-refractivity contribution in [2.45, 2.75) is 13.8 Å². The highest BCUT2D eigenvalue weighted by atomic mass is 32.2. The van der Waals surface area contributed by atoms with Gasteiger partial charge in [0, 0.05) is 30.6 Å². The number of para-hydroxylation sites is 1. The molecule has 0 atom stereocenters. The van der Waals surface area contributed by atoms with Crippen LogP contribution >= 0.6 is 24.0 Å². The Hall–Kier alpha value is -1.96. The maximum absolute atomic E-state index is 12.7. The molecule has 1 aromatic heterocycles. The minimum atomic E-state index is -0.0234. The fraction of sp³-hybridized carbons (Fsp3) is 0.350. The molecule has 0 radical (unpaired) electrons. The first-order valence-corrected chi connectivity index (χ1v) is 10.3. The number of anilines is 1. The lowest BCUT2D eigenvalue weighted by molar-refractivity contribution is -0.121. The molecular formula is C20H21N3O2S2. The van der Waals surface area contributed by atoms with Crippen LogP contribution in [0.2, 0.25) is 0 Å². The monoisotopic (exact) mass is 399 g/mol. The lowest BCUT2D eigenvalue weighted by atomic mass is 10.1. The number of aryl methyl sites for hydroxylation is 1. The number of carbonyl (C=O) groups excluding carboxylic acids is 1. The van der Waals surface area contributed by atoms with E-state index in [9.17, 15) is 4.79 Å². The summed E-state index contributed by atoms with van der Waals surface area (Å²) >= 11 is 6.71. The number of morpholine rings is 1. The number of pyridine rings is 1. The van der Waals surface area contributed by atoms with E-state index >= 15 is 0 Å². The van der Waals surface area contributed by atoms with Crippen LogP contribution in [0.1, 0.15) is 18.1 Å². The molecule has 1 amide bonds. The summed E-state index contributed by atoms with van der Waals surface area (Å²) in [5.41, 5.74) is 3.09. The molecule has 0 aliphatic carbocycles. The van der Waals surface area contributed by atoms with Crippen LogP contribution in [0, 0.1) is 6.92 Å². The molecule has 3 heterocycles. The van der Waals surface area contributed by atoms with Crippen LogP contribution < -0.4 is 4.90 Å². The molecule has 2 fully saturated rings. The Morgan fingerprint density at radius 2 is 2.11 bits per heavy atom. The first-order chi connectivity index (χ1) is 13.1. The minimum absolute atomic E-state index is 0.0234. The maximum atomic E-state index is 12.7. The predicted molar refractivity (Wildman–Crippen MR) is 115 cm³/mol. The normalized spacial score (nSPS) is 19.6. The molecule has 0 unspecified atom stereocenters. The van der Waals surface area contributed by atoms with E-state index in [1.165, 1.54) is 11.8 Å². The third kappa shape index (κ3) is 3.47. The highest BCUT2D eigenvalue weighted by Crippen LogP contribution is 2.35. The van der Waals surface area contributed by atoms with Crippen LogP contribution in [0.25, 0.3) is 17.0 Å². The molecule has 5 nitrogen and oxygen atoms in total. The number of thiocarbonyl (C=S) groups is 1. The lowest BCUT2D eigenvalue weighted by Crippen LogP contribution is -2.37. The Bertz CT molecular complexity index is 952. The SMILES string of the molecule is CCN1C(=O)/C(=C/c2cc3cccc(C)c3nc2N2CCOCC2)SC1=S. The molecule has 1 aromatic carbocycles. The fourth-order valence-electron chi connectivity index (χ4n) is 3.40. The quantitative estimate of drug-likeness (QED) is 0.581. The zero-order chi connectivity index (χ0) is 19.0. The van der Waals surface area contributed by atoms with Gasteiger partial charge in [-0.3, -0.25) is 9.69 Å². The number of likely N-dealkylation sites (N-methyl/N-ethyl adjacent to an activating group) is 1. The summed E-state index contributed by atoms with van der Waals surface area (Å²) in [5, 5.41) is 1.07. The number of hydrogen-bond acceptors (Lipinski definition) is 6. The predicted octanol–water partition coefficient (Wildman–Crippen LogP) is 3.60. The van der Waals surface area contributed by atoms with Crippen LogP contribution in [-0.4, -0.2) is 53.0 Å². The van der Waals surface area contributed by atoms with Gasteiger partial charge in [0.1, 0.15) is 10.1 Å². The second kappa shape index (κ2) is 7.58. The van der Waals surface area contributed by atoms with E-state index in [-0.39, 0.29) is 5.91 Å². The number of benzene rings is 1. The maximum Gasteiger partial charge on any atom is 0.266 e. The topological polar surface area (TPSA) is 45.7 Å². The number of amides is 1. The molecule has 0 saturated carbocycles. The molecule has 2 saturated heterocycles. The van der Waals surface area contributed by atoms with Crippen molar-refractivity contribution in [2.24, 2.45) is 0 Å². The van der Waals surface area contributed by atoms with E-state index in [1.54, 1.807) is 4.90 Å². The lowest BCUT2D eigenvalue weighted by Gasteiger charge is -2.29. The molecule has 2 aliphatic rings. The summed E-state index contributed by atoms with van der Waals surface area (Å²) < 4.78 is 6.12. The van der Waals surface area contributed by atoms with Crippen LogP contribution in [0.4, 0.5) is 5.82 Å². The van der Waals surface area contributed by atoms with Crippen molar-refractivity contribution in [1.82, 2.24) is 9.88 Å². The van der Waals surface area contributed by atoms with Crippen LogP contribution in [0.15, 0.2) is 29.2 Å². The highest BCUT2D eigenvalue weighted by molar-refractivity contribution is 8.26. The van der Waals surface area contributed by atoms with Crippen LogP contribution in [0.5, 0.6) is 0 Å². The summed E-state index contributed by atoms with van der Waals surface area (Å²) in [6.45, 7) is 7.56. The van der Waals surface area contributed by atoms with Crippen molar-refractivity contribution in [3.05, 3.63) is 40.3 Å². The van der Waals surface area contributed by atoms with Gasteiger partial charge in [-0.05, 0) is 31.6 Å². The second-order valence-electron chi connectivity index (χ2n) is 6.57. The van der Waals surface area contributed by atoms with Gasteiger partial charge in [-0.1, -0.05) is 42.2 Å². The van der Waals surface area contributed by atoms with E-state index in [2.05, 4.69) is 30.0 Å². The molecular weight excluding hydrogens is 378 g/mol. The van der Waals surface area contributed by atoms with Gasteiger partial charge in [0.25, 0.3) is 5.91 Å². The van der Waals surface area contributed by atoms with Gasteiger partial charge >= 0.3 is 0 Å². The Morgan fingerprint density at radius 1 is 1.33 bits per heavy atom. The van der Waals surface area contributed by atoms with Crippen LogP contribution in [-0.2, 0) is 9.53 Å². The van der Waals surface area contributed by atoms with Crippen LogP contribution in [0.3, 0.4) is 0 Å². The van der Waals surface area contributed by atoms with E-state index in [1.807, 2.05) is 19.1 Å². The van der Waals surface area contributed by atoms with Gasteiger partial charge < -0.3 is 9.64 Å². The molecule has 0 spiro atoms. The number of thioether (sulfide) groups is 1. The molecule has 7 heteroatoms. The minimum Gasteiger partial charge on any atom is -0.378 e. The second-order valence-corrected chi connectivity index (χ2v) is 8.25. The van der Waals surface area contributed by atoms with Crippen molar-refractivity contribution < 1.29 is 9.53 Å². The number of carbonyl (C=O) groups is 1. The summed E-state index contributed by atoms with van der Waals surface area (Å²) in [6.07, 6.45) is 1.94. The number of hydrogen-bond donors (Lipinski definition) is 0.